The second-order valence-corrected chi connectivity index (χ2v) is 7.42. The van der Waals surface area contributed by atoms with Crippen molar-refractivity contribution in [2.75, 3.05) is 5.32 Å². The highest BCUT2D eigenvalue weighted by molar-refractivity contribution is 9.10. The molecule has 31 heavy (non-hydrogen) atoms. The molecule has 3 aromatic rings. The molecule has 0 bridgehead atoms. The quantitative estimate of drug-likeness (QED) is 0.343. The zero-order valence-corrected chi connectivity index (χ0v) is 18.0. The molecule has 11 heteroatoms. The van der Waals surface area contributed by atoms with Gasteiger partial charge in [0.2, 0.25) is 5.91 Å². The lowest BCUT2D eigenvalue weighted by Crippen LogP contribution is -2.20. The molecule has 8 nitrogen and oxygen atoms in total. The van der Waals surface area contributed by atoms with Gasteiger partial charge in [0.15, 0.2) is 0 Å². The molecule has 0 aliphatic rings. The molecule has 1 amide bonds. The van der Waals surface area contributed by atoms with Crippen LogP contribution in [0, 0.1) is 24.0 Å². The molecule has 1 N–H and O–H groups in total. The van der Waals surface area contributed by atoms with E-state index >= 15 is 0 Å². The van der Waals surface area contributed by atoms with E-state index in [1.807, 2.05) is 19.1 Å². The van der Waals surface area contributed by atoms with Crippen molar-refractivity contribution in [3.05, 3.63) is 74.0 Å². The molecule has 0 aliphatic carbocycles. The Morgan fingerprint density at radius 1 is 1.29 bits per heavy atom. The molecule has 0 saturated heterocycles. The van der Waals surface area contributed by atoms with Crippen molar-refractivity contribution in [2.24, 2.45) is 0 Å². The number of nitro groups is 1. The zero-order chi connectivity index (χ0) is 22.7. The van der Waals surface area contributed by atoms with Crippen molar-refractivity contribution >= 4 is 33.2 Å². The monoisotopic (exact) mass is 494 g/mol. The van der Waals surface area contributed by atoms with Gasteiger partial charge in [0.1, 0.15) is 23.7 Å². The number of hydrogen-bond acceptors (Lipinski definition) is 5. The molecule has 162 valence electrons. The Bertz CT molecular complexity index is 1150. The van der Waals surface area contributed by atoms with Crippen molar-refractivity contribution in [1.82, 2.24) is 9.78 Å². The summed E-state index contributed by atoms with van der Waals surface area (Å²) in [6, 6.07) is 11.0. The maximum absolute atomic E-state index is 13.0. The Morgan fingerprint density at radius 3 is 2.61 bits per heavy atom. The van der Waals surface area contributed by atoms with Gasteiger partial charge in [0, 0.05) is 12.1 Å². The van der Waals surface area contributed by atoms with Gasteiger partial charge in [-0.15, -0.1) is 0 Å². The van der Waals surface area contributed by atoms with Crippen LogP contribution in [0.15, 0.2) is 46.9 Å². The van der Waals surface area contributed by atoms with Crippen molar-refractivity contribution < 1.29 is 23.2 Å². The molecule has 0 saturated carbocycles. The molecular weight excluding hydrogens is 478 g/mol. The number of nitrogens with one attached hydrogen (secondary N) is 1. The van der Waals surface area contributed by atoms with Crippen LogP contribution in [-0.4, -0.2) is 20.6 Å². The van der Waals surface area contributed by atoms with Gasteiger partial charge in [-0.25, -0.2) is 8.78 Å². The van der Waals surface area contributed by atoms with Gasteiger partial charge in [-0.05, 0) is 41.4 Å². The van der Waals surface area contributed by atoms with E-state index in [2.05, 4.69) is 26.3 Å². The number of aryl methyl sites for hydroxylation is 1. The third-order valence-corrected chi connectivity index (χ3v) is 5.35. The predicted octanol–water partition coefficient (Wildman–Crippen LogP) is 5.54. The van der Waals surface area contributed by atoms with Crippen molar-refractivity contribution in [2.45, 2.75) is 26.8 Å². The van der Waals surface area contributed by atoms with E-state index in [-0.39, 0.29) is 28.1 Å². The molecule has 0 spiro atoms. The number of halogens is 3. The number of para-hydroxylation sites is 1. The number of carbonyl (C=O) groups excluding carboxylic acids is 1. The predicted molar refractivity (Wildman–Crippen MR) is 113 cm³/mol. The van der Waals surface area contributed by atoms with Crippen molar-refractivity contribution in [3.63, 3.8) is 0 Å². The van der Waals surface area contributed by atoms with Crippen LogP contribution < -0.4 is 10.1 Å². The summed E-state index contributed by atoms with van der Waals surface area (Å²) in [5, 5.41) is 17.6. The third-order valence-electron chi connectivity index (χ3n) is 4.37. The Kier molecular flexibility index (Phi) is 6.64. The molecule has 0 atom stereocenters. The van der Waals surface area contributed by atoms with E-state index in [1.54, 1.807) is 12.1 Å². The molecule has 2 aromatic carbocycles. The summed E-state index contributed by atoms with van der Waals surface area (Å²) >= 11 is 3.04. The van der Waals surface area contributed by atoms with Gasteiger partial charge in [-0.1, -0.05) is 18.2 Å². The fourth-order valence-electron chi connectivity index (χ4n) is 2.80. The van der Waals surface area contributed by atoms with Crippen LogP contribution >= 0.6 is 15.9 Å². The Labute approximate surface area is 184 Å². The minimum Gasteiger partial charge on any atom is -0.457 e. The molecule has 1 aromatic heterocycles. The second-order valence-electron chi connectivity index (χ2n) is 6.63. The minimum absolute atomic E-state index is 0.125. The van der Waals surface area contributed by atoms with Crippen LogP contribution in [0.5, 0.6) is 11.5 Å². The summed E-state index contributed by atoms with van der Waals surface area (Å²) in [5.74, 6) is 0.0786. The summed E-state index contributed by atoms with van der Waals surface area (Å²) in [6.45, 7) is 3.01. The highest BCUT2D eigenvalue weighted by Crippen LogP contribution is 2.32. The fourth-order valence-corrected chi connectivity index (χ4v) is 3.25. The number of amides is 1. The summed E-state index contributed by atoms with van der Waals surface area (Å²) in [4.78, 5) is 23.1. The first-order chi connectivity index (χ1) is 14.7. The number of rotatable bonds is 7. The lowest BCUT2D eigenvalue weighted by molar-refractivity contribution is -0.384. The van der Waals surface area contributed by atoms with Crippen LogP contribution in [0.2, 0.25) is 0 Å². The summed E-state index contributed by atoms with van der Waals surface area (Å²) < 4.78 is 33.0. The molecule has 0 aliphatic heterocycles. The topological polar surface area (TPSA) is 99.3 Å². The third kappa shape index (κ3) is 5.23. The van der Waals surface area contributed by atoms with Gasteiger partial charge in [0.05, 0.1) is 26.8 Å². The zero-order valence-electron chi connectivity index (χ0n) is 16.4. The second kappa shape index (κ2) is 9.21. The number of non-ortho nitro benzene ring substituents is 1. The lowest BCUT2D eigenvalue weighted by Gasteiger charge is -2.11. The van der Waals surface area contributed by atoms with E-state index in [4.69, 9.17) is 4.74 Å². The average molecular weight is 495 g/mol. The van der Waals surface area contributed by atoms with Gasteiger partial charge < -0.3 is 10.1 Å². The van der Waals surface area contributed by atoms with Crippen LogP contribution in [0.4, 0.5) is 20.2 Å². The highest BCUT2D eigenvalue weighted by atomic mass is 79.9. The van der Waals surface area contributed by atoms with Crippen LogP contribution in [-0.2, 0) is 11.3 Å². The molecule has 0 unspecified atom stereocenters. The molecule has 0 radical (unpaired) electrons. The fraction of sp³-hybridized carbons (Fsp3) is 0.200. The van der Waals surface area contributed by atoms with Crippen molar-refractivity contribution in [3.8, 4) is 11.5 Å². The number of ether oxygens (including phenoxy) is 1. The summed E-state index contributed by atoms with van der Waals surface area (Å²) in [6.07, 6.45) is -2.80. The Morgan fingerprint density at radius 2 is 2.00 bits per heavy atom. The number of hydrogen-bond donors (Lipinski definition) is 1. The normalized spacial score (nSPS) is 10.9. The van der Waals surface area contributed by atoms with Crippen LogP contribution in [0.25, 0.3) is 0 Å². The standard InChI is InChI=1S/C20H17BrF2N4O4/c1-11-5-3-4-6-16(11)31-15-8-13(7-14(9-15)27(29)30)24-17(28)10-26-12(2)18(21)19(25-26)20(22)23/h3-9,20H,10H2,1-2H3,(H,24,28). The Balaban J connectivity index is 1.83. The molecular formula is C20H17BrF2N4O4. The number of anilines is 1. The Hall–Kier alpha value is -3.34. The number of aromatic nitrogens is 2. The smallest absolute Gasteiger partial charge is 0.283 e. The van der Waals surface area contributed by atoms with E-state index < -0.39 is 22.9 Å². The average Bonchev–Trinajstić information content (AvgIpc) is 2.98. The summed E-state index contributed by atoms with van der Waals surface area (Å²) in [5.41, 5.74) is 0.567. The lowest BCUT2D eigenvalue weighted by atomic mass is 10.2. The first kappa shape index (κ1) is 22.3. The maximum Gasteiger partial charge on any atom is 0.283 e. The first-order valence-corrected chi connectivity index (χ1v) is 9.78. The molecule has 3 rings (SSSR count). The van der Waals surface area contributed by atoms with E-state index in [0.717, 1.165) is 10.2 Å². The van der Waals surface area contributed by atoms with E-state index in [0.29, 0.717) is 11.4 Å². The minimum atomic E-state index is -2.80. The van der Waals surface area contributed by atoms with Crippen LogP contribution in [0.1, 0.15) is 23.4 Å². The van der Waals surface area contributed by atoms with E-state index in [1.165, 1.54) is 25.1 Å². The van der Waals surface area contributed by atoms with E-state index in [9.17, 15) is 23.7 Å². The summed E-state index contributed by atoms with van der Waals surface area (Å²) in [7, 11) is 0. The first-order valence-electron chi connectivity index (χ1n) is 8.99. The SMILES string of the molecule is Cc1ccccc1Oc1cc(NC(=O)Cn2nc(C(F)F)c(Br)c2C)cc([N+](=O)[O-])c1. The number of alkyl halides is 2. The largest absolute Gasteiger partial charge is 0.457 e. The van der Waals surface area contributed by atoms with Gasteiger partial charge in [-0.3, -0.25) is 19.6 Å². The highest BCUT2D eigenvalue weighted by Gasteiger charge is 2.21. The van der Waals surface area contributed by atoms with Crippen molar-refractivity contribution in [1.29, 1.82) is 0 Å². The number of benzene rings is 2. The molecule has 1 heterocycles. The number of nitro benzene ring substituents is 1. The molecule has 0 fully saturated rings. The number of nitrogens with zero attached hydrogens (tertiary/aromatic N) is 3. The number of carbonyl (C=O) groups is 1. The maximum atomic E-state index is 13.0. The van der Waals surface area contributed by atoms with Gasteiger partial charge in [0.25, 0.3) is 12.1 Å². The van der Waals surface area contributed by atoms with Gasteiger partial charge >= 0.3 is 0 Å². The van der Waals surface area contributed by atoms with Gasteiger partial charge in [-0.2, -0.15) is 5.10 Å². The van der Waals surface area contributed by atoms with Crippen LogP contribution in [0.3, 0.4) is 0 Å².